The smallest absolute Gasteiger partial charge is 0.410 e. The monoisotopic (exact) mass is 257 g/mol. The van der Waals surface area contributed by atoms with Gasteiger partial charge in [0.05, 0.1) is 6.04 Å². The Morgan fingerprint density at radius 1 is 1.22 bits per heavy atom. The molecule has 0 bridgehead atoms. The zero-order valence-electron chi connectivity index (χ0n) is 12.7. The molecule has 4 nitrogen and oxygen atoms in total. The summed E-state index contributed by atoms with van der Waals surface area (Å²) in [6.07, 6.45) is 1.20. The van der Waals surface area contributed by atoms with Crippen LogP contribution in [0.2, 0.25) is 0 Å². The third-order valence-electron chi connectivity index (χ3n) is 2.44. The Labute approximate surface area is 111 Å². The van der Waals surface area contributed by atoms with Crippen molar-refractivity contribution in [3.05, 3.63) is 0 Å². The molecule has 0 aliphatic rings. The second kappa shape index (κ2) is 6.21. The van der Waals surface area contributed by atoms with E-state index in [1.54, 1.807) is 0 Å². The number of aldehydes is 1. The third kappa shape index (κ3) is 5.52. The number of carbonyl (C=O) groups excluding carboxylic acids is 2. The average Bonchev–Trinajstić information content (AvgIpc) is 2.12. The van der Waals surface area contributed by atoms with Crippen molar-refractivity contribution >= 4 is 12.4 Å². The second-order valence-corrected chi connectivity index (χ2v) is 6.62. The van der Waals surface area contributed by atoms with Gasteiger partial charge >= 0.3 is 6.09 Å². The number of nitrogens with zero attached hydrogens (tertiary/aromatic N) is 1. The SMILES string of the molecule is CCCN(C(=O)OC(C)(C)C)C(C=O)C(C)(C)C. The highest BCUT2D eigenvalue weighted by atomic mass is 16.6. The van der Waals surface area contributed by atoms with Crippen LogP contribution in [-0.4, -0.2) is 35.5 Å². The van der Waals surface area contributed by atoms with E-state index >= 15 is 0 Å². The van der Waals surface area contributed by atoms with Crippen LogP contribution in [0.4, 0.5) is 4.79 Å². The second-order valence-electron chi connectivity index (χ2n) is 6.62. The van der Waals surface area contributed by atoms with E-state index in [-0.39, 0.29) is 5.41 Å². The van der Waals surface area contributed by atoms with Crippen molar-refractivity contribution in [2.45, 2.75) is 66.5 Å². The summed E-state index contributed by atoms with van der Waals surface area (Å²) in [5.74, 6) is 0. The molecule has 0 rings (SSSR count). The summed E-state index contributed by atoms with van der Waals surface area (Å²) in [7, 11) is 0. The Balaban J connectivity index is 5.05. The number of rotatable bonds is 4. The molecule has 0 N–H and O–H groups in total. The van der Waals surface area contributed by atoms with Gasteiger partial charge in [0.1, 0.15) is 11.9 Å². The third-order valence-corrected chi connectivity index (χ3v) is 2.44. The zero-order chi connectivity index (χ0) is 14.6. The van der Waals surface area contributed by atoms with E-state index in [0.29, 0.717) is 6.54 Å². The largest absolute Gasteiger partial charge is 0.444 e. The van der Waals surface area contributed by atoms with E-state index in [1.165, 1.54) is 4.90 Å². The predicted octanol–water partition coefficient (Wildman–Crippen LogP) is 3.25. The molecule has 0 aliphatic carbocycles. The van der Waals surface area contributed by atoms with Crippen molar-refractivity contribution in [3.8, 4) is 0 Å². The van der Waals surface area contributed by atoms with E-state index in [2.05, 4.69) is 0 Å². The Kier molecular flexibility index (Phi) is 5.84. The molecule has 0 aromatic carbocycles. The van der Waals surface area contributed by atoms with Gasteiger partial charge in [-0.05, 0) is 32.6 Å². The number of hydrogen-bond donors (Lipinski definition) is 0. The van der Waals surface area contributed by atoms with Crippen LogP contribution in [0.5, 0.6) is 0 Å². The van der Waals surface area contributed by atoms with Crippen molar-refractivity contribution in [2.24, 2.45) is 5.41 Å². The van der Waals surface area contributed by atoms with Gasteiger partial charge in [0.25, 0.3) is 0 Å². The molecule has 18 heavy (non-hydrogen) atoms. The van der Waals surface area contributed by atoms with Gasteiger partial charge in [0.2, 0.25) is 0 Å². The number of carbonyl (C=O) groups is 2. The zero-order valence-corrected chi connectivity index (χ0v) is 12.7. The Hall–Kier alpha value is -1.06. The minimum atomic E-state index is -0.547. The highest BCUT2D eigenvalue weighted by Gasteiger charge is 2.35. The Morgan fingerprint density at radius 2 is 1.72 bits per heavy atom. The lowest BCUT2D eigenvalue weighted by atomic mass is 9.86. The molecule has 0 saturated heterocycles. The first-order valence-electron chi connectivity index (χ1n) is 6.48. The topological polar surface area (TPSA) is 46.6 Å². The summed E-state index contributed by atoms with van der Waals surface area (Å²) in [5, 5.41) is 0. The van der Waals surface area contributed by atoms with Gasteiger partial charge in [-0.1, -0.05) is 27.7 Å². The minimum absolute atomic E-state index is 0.298. The molecule has 0 heterocycles. The van der Waals surface area contributed by atoms with Crippen LogP contribution in [0.1, 0.15) is 54.9 Å². The molecule has 0 spiro atoms. The standard InChI is InChI=1S/C14H27NO3/c1-8-9-15(11(10-16)13(2,3)4)12(17)18-14(5,6)7/h10-11H,8-9H2,1-7H3. The first kappa shape index (κ1) is 16.9. The van der Waals surface area contributed by atoms with Crippen LogP contribution in [0.3, 0.4) is 0 Å². The summed E-state index contributed by atoms with van der Waals surface area (Å²) >= 11 is 0. The highest BCUT2D eigenvalue weighted by Crippen LogP contribution is 2.24. The minimum Gasteiger partial charge on any atom is -0.444 e. The van der Waals surface area contributed by atoms with Crippen molar-refractivity contribution in [2.75, 3.05) is 6.54 Å². The molecular weight excluding hydrogens is 230 g/mol. The fourth-order valence-electron chi connectivity index (χ4n) is 1.65. The highest BCUT2D eigenvalue weighted by molar-refractivity contribution is 5.74. The van der Waals surface area contributed by atoms with Crippen LogP contribution in [0.15, 0.2) is 0 Å². The maximum Gasteiger partial charge on any atom is 0.410 e. The van der Waals surface area contributed by atoms with Gasteiger partial charge in [-0.25, -0.2) is 4.79 Å². The molecule has 0 radical (unpaired) electrons. The lowest BCUT2D eigenvalue weighted by Crippen LogP contribution is -2.50. The maximum absolute atomic E-state index is 12.1. The predicted molar refractivity (Wildman–Crippen MR) is 72.5 cm³/mol. The number of hydrogen-bond acceptors (Lipinski definition) is 3. The average molecular weight is 257 g/mol. The molecule has 1 amide bonds. The molecule has 0 aliphatic heterocycles. The van der Waals surface area contributed by atoms with Gasteiger partial charge in [0.15, 0.2) is 0 Å². The van der Waals surface area contributed by atoms with Gasteiger partial charge in [-0.15, -0.1) is 0 Å². The van der Waals surface area contributed by atoms with Crippen molar-refractivity contribution in [1.82, 2.24) is 4.90 Å². The van der Waals surface area contributed by atoms with Gasteiger partial charge in [-0.2, -0.15) is 0 Å². The first-order valence-corrected chi connectivity index (χ1v) is 6.48. The molecule has 1 unspecified atom stereocenters. The summed E-state index contributed by atoms with van der Waals surface area (Å²) in [6, 6.07) is -0.465. The molecule has 4 heteroatoms. The maximum atomic E-state index is 12.1. The molecule has 0 aromatic heterocycles. The number of ether oxygens (including phenoxy) is 1. The Bertz CT molecular complexity index is 286. The normalized spacial score (nSPS) is 13.9. The van der Waals surface area contributed by atoms with E-state index in [4.69, 9.17) is 4.74 Å². The van der Waals surface area contributed by atoms with Crippen LogP contribution in [0.25, 0.3) is 0 Å². The van der Waals surface area contributed by atoms with Crippen LogP contribution in [0, 0.1) is 5.41 Å². The van der Waals surface area contributed by atoms with E-state index in [0.717, 1.165) is 12.7 Å². The van der Waals surface area contributed by atoms with E-state index < -0.39 is 17.7 Å². The fraction of sp³-hybridized carbons (Fsp3) is 0.857. The molecule has 0 fully saturated rings. The van der Waals surface area contributed by atoms with Gasteiger partial charge in [0, 0.05) is 6.54 Å². The van der Waals surface area contributed by atoms with E-state index in [9.17, 15) is 9.59 Å². The molecule has 0 saturated carbocycles. The van der Waals surface area contributed by atoms with Crippen molar-refractivity contribution < 1.29 is 14.3 Å². The van der Waals surface area contributed by atoms with Gasteiger partial charge in [-0.3, -0.25) is 4.90 Å². The summed E-state index contributed by atoms with van der Waals surface area (Å²) < 4.78 is 5.36. The van der Waals surface area contributed by atoms with Gasteiger partial charge < -0.3 is 9.53 Å². The molecule has 1 atom stereocenters. The Morgan fingerprint density at radius 3 is 2.00 bits per heavy atom. The number of amides is 1. The summed E-state index contributed by atoms with van der Waals surface area (Å²) in [6.45, 7) is 13.8. The molecule has 106 valence electrons. The quantitative estimate of drug-likeness (QED) is 0.726. The fourth-order valence-corrected chi connectivity index (χ4v) is 1.65. The summed E-state index contributed by atoms with van der Waals surface area (Å²) in [5.41, 5.74) is -0.845. The first-order chi connectivity index (χ1) is 8.03. The van der Waals surface area contributed by atoms with Crippen LogP contribution >= 0.6 is 0 Å². The van der Waals surface area contributed by atoms with E-state index in [1.807, 2.05) is 48.5 Å². The summed E-state index contributed by atoms with van der Waals surface area (Å²) in [4.78, 5) is 25.0. The molecular formula is C14H27NO3. The van der Waals surface area contributed by atoms with Crippen LogP contribution < -0.4 is 0 Å². The molecule has 0 aromatic rings. The van der Waals surface area contributed by atoms with Crippen molar-refractivity contribution in [1.29, 1.82) is 0 Å². The van der Waals surface area contributed by atoms with Crippen LogP contribution in [-0.2, 0) is 9.53 Å². The lowest BCUT2D eigenvalue weighted by molar-refractivity contribution is -0.116. The van der Waals surface area contributed by atoms with Crippen molar-refractivity contribution in [3.63, 3.8) is 0 Å². The lowest BCUT2D eigenvalue weighted by Gasteiger charge is -2.37.